The fourth-order valence-electron chi connectivity index (χ4n) is 3.09. The zero-order chi connectivity index (χ0) is 22.5. The second kappa shape index (κ2) is 9.52. The van der Waals surface area contributed by atoms with Crippen LogP contribution in [0, 0.1) is 0 Å². The first-order valence-corrected chi connectivity index (χ1v) is 10.8. The molecule has 8 nitrogen and oxygen atoms in total. The van der Waals surface area contributed by atoms with Gasteiger partial charge in [-0.25, -0.2) is 4.68 Å². The van der Waals surface area contributed by atoms with Crippen molar-refractivity contribution >= 4 is 29.1 Å². The van der Waals surface area contributed by atoms with Crippen LogP contribution in [0.5, 0.6) is 5.75 Å². The summed E-state index contributed by atoms with van der Waals surface area (Å²) in [6, 6.07) is 18.2. The number of hydrogen-bond donors (Lipinski definition) is 1. The highest BCUT2D eigenvalue weighted by Crippen LogP contribution is 2.26. The third kappa shape index (κ3) is 4.73. The molecule has 0 unspecified atom stereocenters. The molecule has 2 aromatic heterocycles. The molecule has 0 aliphatic heterocycles. The van der Waals surface area contributed by atoms with Crippen LogP contribution in [0.25, 0.3) is 11.4 Å². The van der Waals surface area contributed by atoms with E-state index in [-0.39, 0.29) is 17.4 Å². The van der Waals surface area contributed by atoms with E-state index in [4.69, 9.17) is 4.74 Å². The van der Waals surface area contributed by atoms with E-state index < -0.39 is 0 Å². The normalized spacial score (nSPS) is 10.7. The fraction of sp³-hybridized carbons (Fsp3) is 0.130. The van der Waals surface area contributed by atoms with Crippen molar-refractivity contribution in [2.75, 3.05) is 18.2 Å². The van der Waals surface area contributed by atoms with Gasteiger partial charge in [0.05, 0.1) is 12.9 Å². The second-order valence-corrected chi connectivity index (χ2v) is 7.83. The molecule has 162 valence electrons. The average Bonchev–Trinajstić information content (AvgIpc) is 3.47. The third-order valence-corrected chi connectivity index (χ3v) is 5.58. The van der Waals surface area contributed by atoms with E-state index in [1.165, 1.54) is 18.7 Å². The zero-order valence-corrected chi connectivity index (χ0v) is 18.4. The molecule has 1 N–H and O–H groups in total. The molecule has 9 heteroatoms. The Balaban J connectivity index is 1.53. The quantitative estimate of drug-likeness (QED) is 0.324. The van der Waals surface area contributed by atoms with Crippen molar-refractivity contribution in [3.63, 3.8) is 0 Å². The molecule has 0 bridgehead atoms. The van der Waals surface area contributed by atoms with E-state index in [2.05, 4.69) is 15.5 Å². The number of benzene rings is 2. The van der Waals surface area contributed by atoms with Crippen molar-refractivity contribution in [3.8, 4) is 17.1 Å². The Hall–Kier alpha value is -3.85. The standard InChI is InChI=1S/C23H21N5O3S/c1-16(29)18-6-5-7-19(14-18)24-21(30)15-32-23-26-25-22(28(23)27-12-3-4-13-27)17-8-10-20(31-2)11-9-17/h3-14H,15H2,1-2H3,(H,24,30). The summed E-state index contributed by atoms with van der Waals surface area (Å²) in [5, 5.41) is 12.1. The Kier molecular flexibility index (Phi) is 6.37. The van der Waals surface area contributed by atoms with Gasteiger partial charge >= 0.3 is 0 Å². The lowest BCUT2D eigenvalue weighted by atomic mass is 10.1. The minimum Gasteiger partial charge on any atom is -0.497 e. The summed E-state index contributed by atoms with van der Waals surface area (Å²) >= 11 is 1.27. The minimum atomic E-state index is -0.205. The topological polar surface area (TPSA) is 91.0 Å². The van der Waals surface area contributed by atoms with Crippen molar-refractivity contribution < 1.29 is 14.3 Å². The number of methoxy groups -OCH3 is 1. The third-order valence-electron chi connectivity index (χ3n) is 4.67. The van der Waals surface area contributed by atoms with Crippen LogP contribution >= 0.6 is 11.8 Å². The van der Waals surface area contributed by atoms with Gasteiger partial charge in [0, 0.05) is 29.2 Å². The molecular formula is C23H21N5O3S. The molecule has 0 atom stereocenters. The van der Waals surface area contributed by atoms with Gasteiger partial charge in [0.1, 0.15) is 5.75 Å². The van der Waals surface area contributed by atoms with Crippen LogP contribution in [0.3, 0.4) is 0 Å². The summed E-state index contributed by atoms with van der Waals surface area (Å²) in [5.74, 6) is 1.26. The first-order valence-electron chi connectivity index (χ1n) is 9.82. The smallest absolute Gasteiger partial charge is 0.234 e. The molecular weight excluding hydrogens is 426 g/mol. The number of Topliss-reactive ketones (excluding diaryl/α,β-unsaturated/α-hetero) is 1. The van der Waals surface area contributed by atoms with Gasteiger partial charge in [-0.2, -0.15) is 0 Å². The van der Waals surface area contributed by atoms with Crippen LogP contribution in [-0.4, -0.2) is 44.1 Å². The lowest BCUT2D eigenvalue weighted by Gasteiger charge is -2.11. The van der Waals surface area contributed by atoms with E-state index >= 15 is 0 Å². The second-order valence-electron chi connectivity index (χ2n) is 6.88. The van der Waals surface area contributed by atoms with Crippen LogP contribution in [-0.2, 0) is 4.79 Å². The number of carbonyl (C=O) groups is 2. The highest BCUT2D eigenvalue weighted by Gasteiger charge is 2.17. The molecule has 2 heterocycles. The predicted octanol–water partition coefficient (Wildman–Crippen LogP) is 4.00. The van der Waals surface area contributed by atoms with Crippen molar-refractivity contribution in [3.05, 3.63) is 78.6 Å². The minimum absolute atomic E-state index is 0.0543. The number of nitrogens with one attached hydrogen (secondary N) is 1. The van der Waals surface area contributed by atoms with E-state index in [0.29, 0.717) is 22.2 Å². The SMILES string of the molecule is COc1ccc(-c2nnc(SCC(=O)Nc3cccc(C(C)=O)c3)n2-n2cccc2)cc1. The lowest BCUT2D eigenvalue weighted by molar-refractivity contribution is -0.113. The summed E-state index contributed by atoms with van der Waals surface area (Å²) in [6.45, 7) is 1.49. The molecule has 0 spiro atoms. The molecule has 2 aromatic carbocycles. The summed E-state index contributed by atoms with van der Waals surface area (Å²) in [6.07, 6.45) is 3.77. The van der Waals surface area contributed by atoms with Gasteiger partial charge in [-0.3, -0.25) is 14.3 Å². The van der Waals surface area contributed by atoms with Crippen molar-refractivity contribution in [2.45, 2.75) is 12.1 Å². The Morgan fingerprint density at radius 3 is 2.47 bits per heavy atom. The molecule has 0 aliphatic rings. The fourth-order valence-corrected chi connectivity index (χ4v) is 3.82. The Morgan fingerprint density at radius 1 is 1.03 bits per heavy atom. The number of aromatic nitrogens is 4. The van der Waals surface area contributed by atoms with Gasteiger partial charge in [-0.05, 0) is 55.5 Å². The number of thioether (sulfide) groups is 1. The number of hydrogen-bond acceptors (Lipinski definition) is 6. The Labute approximate surface area is 189 Å². The van der Waals surface area contributed by atoms with Crippen LogP contribution in [0.2, 0.25) is 0 Å². The Bertz CT molecular complexity index is 1230. The van der Waals surface area contributed by atoms with Gasteiger partial charge in [0.2, 0.25) is 11.1 Å². The average molecular weight is 448 g/mol. The van der Waals surface area contributed by atoms with Gasteiger partial charge in [0.15, 0.2) is 11.6 Å². The molecule has 0 saturated carbocycles. The number of amides is 1. The number of ether oxygens (including phenoxy) is 1. The number of carbonyl (C=O) groups excluding carboxylic acids is 2. The number of rotatable bonds is 8. The van der Waals surface area contributed by atoms with E-state index in [9.17, 15) is 9.59 Å². The van der Waals surface area contributed by atoms with Crippen LogP contribution < -0.4 is 10.1 Å². The number of anilines is 1. The molecule has 0 fully saturated rings. The molecule has 32 heavy (non-hydrogen) atoms. The lowest BCUT2D eigenvalue weighted by Crippen LogP contribution is -2.16. The van der Waals surface area contributed by atoms with Gasteiger partial charge in [-0.1, -0.05) is 23.9 Å². The predicted molar refractivity (Wildman–Crippen MR) is 123 cm³/mol. The zero-order valence-electron chi connectivity index (χ0n) is 17.6. The van der Waals surface area contributed by atoms with Crippen LogP contribution in [0.15, 0.2) is 78.2 Å². The van der Waals surface area contributed by atoms with Crippen LogP contribution in [0.4, 0.5) is 5.69 Å². The van der Waals surface area contributed by atoms with Crippen molar-refractivity contribution in [1.29, 1.82) is 0 Å². The number of nitrogens with zero attached hydrogens (tertiary/aromatic N) is 4. The van der Waals surface area contributed by atoms with Gasteiger partial charge < -0.3 is 10.1 Å². The molecule has 0 aliphatic carbocycles. The van der Waals surface area contributed by atoms with Crippen molar-refractivity contribution in [1.82, 2.24) is 19.5 Å². The van der Waals surface area contributed by atoms with Crippen molar-refractivity contribution in [2.24, 2.45) is 0 Å². The van der Waals surface area contributed by atoms with E-state index in [1.54, 1.807) is 31.4 Å². The first-order chi connectivity index (χ1) is 15.5. The molecule has 4 aromatic rings. The highest BCUT2D eigenvalue weighted by molar-refractivity contribution is 7.99. The van der Waals surface area contributed by atoms with Gasteiger partial charge in [-0.15, -0.1) is 10.2 Å². The van der Waals surface area contributed by atoms with E-state index in [1.807, 2.05) is 58.1 Å². The van der Waals surface area contributed by atoms with Crippen LogP contribution in [0.1, 0.15) is 17.3 Å². The summed E-state index contributed by atoms with van der Waals surface area (Å²) in [7, 11) is 1.62. The maximum absolute atomic E-state index is 12.5. The summed E-state index contributed by atoms with van der Waals surface area (Å²) in [4.78, 5) is 24.1. The number of ketones is 1. The molecule has 0 saturated heterocycles. The molecule has 4 rings (SSSR count). The van der Waals surface area contributed by atoms with Gasteiger partial charge in [0.25, 0.3) is 0 Å². The first kappa shape index (κ1) is 21.4. The molecule has 1 amide bonds. The summed E-state index contributed by atoms with van der Waals surface area (Å²) in [5.41, 5.74) is 1.99. The monoisotopic (exact) mass is 447 g/mol. The highest BCUT2D eigenvalue weighted by atomic mass is 32.2. The summed E-state index contributed by atoms with van der Waals surface area (Å²) < 4.78 is 8.93. The largest absolute Gasteiger partial charge is 0.497 e. The maximum atomic E-state index is 12.5. The maximum Gasteiger partial charge on any atom is 0.234 e. The Morgan fingerprint density at radius 2 is 1.78 bits per heavy atom. The molecule has 0 radical (unpaired) electrons. The van der Waals surface area contributed by atoms with E-state index in [0.717, 1.165) is 11.3 Å².